The average molecular weight is 148 g/mol. The average Bonchev–Trinajstić information content (AvgIpc) is 2.30. The number of ether oxygens (including phenoxy) is 1. The summed E-state index contributed by atoms with van der Waals surface area (Å²) in [5.74, 6) is 0. The minimum absolute atomic E-state index is 0.279. The molecule has 2 atom stereocenters. The second-order valence-electron chi connectivity index (χ2n) is 3.05. The van der Waals surface area contributed by atoms with Crippen molar-refractivity contribution >= 4 is 0 Å². The van der Waals surface area contributed by atoms with Crippen molar-refractivity contribution in [3.63, 3.8) is 0 Å². The Morgan fingerprint density at radius 2 is 1.45 bits per heavy atom. The molecule has 1 aliphatic rings. The van der Waals surface area contributed by atoms with Gasteiger partial charge in [0.2, 0.25) is 0 Å². The van der Waals surface area contributed by atoms with Crippen molar-refractivity contribution in [3.05, 3.63) is 35.4 Å². The molecule has 0 radical (unpaired) electrons. The fraction of sp³-hybridized carbons (Fsp3) is 0.400. The first-order valence-electron chi connectivity index (χ1n) is 4.03. The molecular weight excluding hydrogens is 136 g/mol. The smallest absolute Gasteiger partial charge is 0.0808 e. The highest BCUT2D eigenvalue weighted by molar-refractivity contribution is 5.33. The van der Waals surface area contributed by atoms with Crippen molar-refractivity contribution in [1.82, 2.24) is 0 Å². The quantitative estimate of drug-likeness (QED) is 0.549. The Morgan fingerprint density at radius 1 is 1.00 bits per heavy atom. The lowest BCUT2D eigenvalue weighted by Crippen LogP contribution is -1.88. The van der Waals surface area contributed by atoms with Crippen molar-refractivity contribution in [2.75, 3.05) is 0 Å². The largest absolute Gasteiger partial charge is 0.366 e. The summed E-state index contributed by atoms with van der Waals surface area (Å²) in [6, 6.07) is 8.42. The molecule has 0 bridgehead atoms. The first kappa shape index (κ1) is 6.86. The van der Waals surface area contributed by atoms with Gasteiger partial charge in [0.15, 0.2) is 0 Å². The standard InChI is InChI=1S/C10H12O/c1-7-9-5-3-4-6-10(9)8(2)11-7/h3-8H,1-2H3. The van der Waals surface area contributed by atoms with E-state index in [-0.39, 0.29) is 12.2 Å². The molecule has 0 saturated carbocycles. The minimum atomic E-state index is 0.279. The zero-order valence-electron chi connectivity index (χ0n) is 6.87. The van der Waals surface area contributed by atoms with Crippen molar-refractivity contribution in [3.8, 4) is 0 Å². The van der Waals surface area contributed by atoms with Crippen LogP contribution in [-0.4, -0.2) is 0 Å². The Labute approximate surface area is 67.0 Å². The summed E-state index contributed by atoms with van der Waals surface area (Å²) in [5.41, 5.74) is 2.69. The van der Waals surface area contributed by atoms with Crippen LogP contribution in [0.2, 0.25) is 0 Å². The summed E-state index contributed by atoms with van der Waals surface area (Å²) >= 11 is 0. The Balaban J connectivity index is 2.52. The summed E-state index contributed by atoms with van der Waals surface area (Å²) in [6.07, 6.45) is 0.558. The summed E-state index contributed by atoms with van der Waals surface area (Å²) in [7, 11) is 0. The maximum atomic E-state index is 5.63. The van der Waals surface area contributed by atoms with Crippen LogP contribution in [0.4, 0.5) is 0 Å². The lowest BCUT2D eigenvalue weighted by molar-refractivity contribution is 0.0332. The lowest BCUT2D eigenvalue weighted by atomic mass is 10.0. The maximum absolute atomic E-state index is 5.63. The fourth-order valence-electron chi connectivity index (χ4n) is 1.70. The maximum Gasteiger partial charge on any atom is 0.0808 e. The summed E-state index contributed by atoms with van der Waals surface area (Å²) in [5, 5.41) is 0. The van der Waals surface area contributed by atoms with Gasteiger partial charge in [0.1, 0.15) is 0 Å². The zero-order chi connectivity index (χ0) is 7.84. The Bertz CT molecular complexity index is 240. The van der Waals surface area contributed by atoms with Crippen LogP contribution in [-0.2, 0) is 4.74 Å². The predicted molar refractivity (Wildman–Crippen MR) is 44.4 cm³/mol. The molecular formula is C10H12O. The van der Waals surface area contributed by atoms with Gasteiger partial charge in [-0.05, 0) is 25.0 Å². The van der Waals surface area contributed by atoms with E-state index in [2.05, 4.69) is 38.1 Å². The Kier molecular flexibility index (Phi) is 1.46. The molecule has 0 saturated heterocycles. The molecule has 1 heteroatoms. The van der Waals surface area contributed by atoms with Gasteiger partial charge >= 0.3 is 0 Å². The normalized spacial score (nSPS) is 28.5. The Morgan fingerprint density at radius 3 is 1.91 bits per heavy atom. The zero-order valence-corrected chi connectivity index (χ0v) is 6.87. The second kappa shape index (κ2) is 2.35. The van der Waals surface area contributed by atoms with Crippen LogP contribution in [0.5, 0.6) is 0 Å². The third-order valence-electron chi connectivity index (χ3n) is 2.28. The van der Waals surface area contributed by atoms with Crippen LogP contribution in [0.3, 0.4) is 0 Å². The highest BCUT2D eigenvalue weighted by Crippen LogP contribution is 2.37. The molecule has 0 spiro atoms. The van der Waals surface area contributed by atoms with Gasteiger partial charge in [0, 0.05) is 0 Å². The number of hydrogen-bond acceptors (Lipinski definition) is 1. The van der Waals surface area contributed by atoms with Crippen LogP contribution < -0.4 is 0 Å². The summed E-state index contributed by atoms with van der Waals surface area (Å²) in [6.45, 7) is 4.20. The minimum Gasteiger partial charge on any atom is -0.366 e. The molecule has 11 heavy (non-hydrogen) atoms. The number of hydrogen-bond donors (Lipinski definition) is 0. The predicted octanol–water partition coefficient (Wildman–Crippen LogP) is 2.84. The van der Waals surface area contributed by atoms with Crippen molar-refractivity contribution in [1.29, 1.82) is 0 Å². The molecule has 1 aliphatic heterocycles. The monoisotopic (exact) mass is 148 g/mol. The van der Waals surface area contributed by atoms with E-state index in [0.717, 1.165) is 0 Å². The van der Waals surface area contributed by atoms with Gasteiger partial charge in [-0.1, -0.05) is 24.3 Å². The van der Waals surface area contributed by atoms with Gasteiger partial charge in [0.25, 0.3) is 0 Å². The topological polar surface area (TPSA) is 9.23 Å². The van der Waals surface area contributed by atoms with E-state index in [9.17, 15) is 0 Å². The third kappa shape index (κ3) is 0.962. The molecule has 1 aromatic rings. The van der Waals surface area contributed by atoms with Gasteiger partial charge in [-0.15, -0.1) is 0 Å². The second-order valence-corrected chi connectivity index (χ2v) is 3.05. The molecule has 1 aromatic carbocycles. The van der Waals surface area contributed by atoms with E-state index in [0.29, 0.717) is 0 Å². The van der Waals surface area contributed by atoms with Gasteiger partial charge in [-0.25, -0.2) is 0 Å². The molecule has 0 aliphatic carbocycles. The first-order chi connectivity index (χ1) is 5.29. The molecule has 0 fully saturated rings. The molecule has 2 rings (SSSR count). The molecule has 0 amide bonds. The van der Waals surface area contributed by atoms with E-state index in [1.807, 2.05) is 0 Å². The summed E-state index contributed by atoms with van der Waals surface area (Å²) in [4.78, 5) is 0. The fourth-order valence-corrected chi connectivity index (χ4v) is 1.70. The van der Waals surface area contributed by atoms with E-state index < -0.39 is 0 Å². The Hall–Kier alpha value is -0.820. The molecule has 58 valence electrons. The van der Waals surface area contributed by atoms with Crippen molar-refractivity contribution < 1.29 is 4.74 Å². The van der Waals surface area contributed by atoms with Gasteiger partial charge in [-0.2, -0.15) is 0 Å². The van der Waals surface area contributed by atoms with Crippen molar-refractivity contribution in [2.45, 2.75) is 26.1 Å². The van der Waals surface area contributed by atoms with Crippen LogP contribution in [0.25, 0.3) is 0 Å². The van der Waals surface area contributed by atoms with E-state index in [4.69, 9.17) is 4.74 Å². The highest BCUT2D eigenvalue weighted by atomic mass is 16.5. The molecule has 0 N–H and O–H groups in total. The molecule has 0 aromatic heterocycles. The SMILES string of the molecule is CC1OC(C)c2ccccc21. The van der Waals surface area contributed by atoms with Gasteiger partial charge in [0.05, 0.1) is 12.2 Å². The van der Waals surface area contributed by atoms with Gasteiger partial charge in [-0.3, -0.25) is 0 Å². The summed E-state index contributed by atoms with van der Waals surface area (Å²) < 4.78 is 5.63. The van der Waals surface area contributed by atoms with Gasteiger partial charge < -0.3 is 4.74 Å². The number of fused-ring (bicyclic) bond motifs is 1. The van der Waals surface area contributed by atoms with Crippen LogP contribution in [0.15, 0.2) is 24.3 Å². The van der Waals surface area contributed by atoms with E-state index in [1.165, 1.54) is 11.1 Å². The molecule has 1 nitrogen and oxygen atoms in total. The molecule has 1 heterocycles. The van der Waals surface area contributed by atoms with E-state index in [1.54, 1.807) is 0 Å². The van der Waals surface area contributed by atoms with Crippen molar-refractivity contribution in [2.24, 2.45) is 0 Å². The number of benzene rings is 1. The third-order valence-corrected chi connectivity index (χ3v) is 2.28. The highest BCUT2D eigenvalue weighted by Gasteiger charge is 2.24. The molecule has 2 unspecified atom stereocenters. The number of rotatable bonds is 0. The van der Waals surface area contributed by atoms with Crippen LogP contribution in [0.1, 0.15) is 37.2 Å². The first-order valence-corrected chi connectivity index (χ1v) is 4.03. The van der Waals surface area contributed by atoms with Crippen LogP contribution >= 0.6 is 0 Å². The lowest BCUT2D eigenvalue weighted by Gasteiger charge is -2.03. The van der Waals surface area contributed by atoms with Crippen LogP contribution in [0, 0.1) is 0 Å². The van der Waals surface area contributed by atoms with E-state index >= 15 is 0 Å².